The molecule has 2 rings (SSSR count). The fraction of sp³-hybridized carbons (Fsp3) is 0.500. The van der Waals surface area contributed by atoms with E-state index in [0.29, 0.717) is 5.69 Å². The molecule has 1 amide bonds. The predicted molar refractivity (Wildman–Crippen MR) is 83.1 cm³/mol. The third kappa shape index (κ3) is 3.98. The molecule has 1 N–H and O–H groups in total. The molecule has 1 saturated heterocycles. The number of methoxy groups -OCH3 is 1. The number of piperidine rings is 1. The van der Waals surface area contributed by atoms with Gasteiger partial charge in [-0.2, -0.15) is 13.2 Å². The van der Waals surface area contributed by atoms with Crippen LogP contribution in [0.5, 0.6) is 0 Å². The van der Waals surface area contributed by atoms with Gasteiger partial charge in [0, 0.05) is 18.3 Å². The highest BCUT2D eigenvalue weighted by Gasteiger charge is 2.38. The van der Waals surface area contributed by atoms with Gasteiger partial charge in [-0.3, -0.25) is 4.79 Å². The number of ether oxygens (including phenoxy) is 1. The average Bonchev–Trinajstić information content (AvgIpc) is 2.54. The Hall–Kier alpha value is -2.25. The molecule has 0 radical (unpaired) electrons. The van der Waals surface area contributed by atoms with E-state index >= 15 is 0 Å². The van der Waals surface area contributed by atoms with Crippen LogP contribution < -0.4 is 10.2 Å². The summed E-state index contributed by atoms with van der Waals surface area (Å²) >= 11 is 0. The summed E-state index contributed by atoms with van der Waals surface area (Å²) in [7, 11) is 1.20. The third-order valence-corrected chi connectivity index (χ3v) is 4.03. The van der Waals surface area contributed by atoms with Crippen LogP contribution in [0.4, 0.5) is 24.5 Å². The zero-order valence-corrected chi connectivity index (χ0v) is 13.4. The number of nitrogens with one attached hydrogen (secondary N) is 1. The van der Waals surface area contributed by atoms with Crippen molar-refractivity contribution < 1.29 is 27.5 Å². The van der Waals surface area contributed by atoms with E-state index in [2.05, 4.69) is 0 Å². The lowest BCUT2D eigenvalue weighted by Crippen LogP contribution is -2.38. The van der Waals surface area contributed by atoms with Crippen LogP contribution in [0.3, 0.4) is 0 Å². The third-order valence-electron chi connectivity index (χ3n) is 4.03. The first kappa shape index (κ1) is 18.1. The number of amides is 1. The molecular formula is C16H19F3N2O3. The van der Waals surface area contributed by atoms with Gasteiger partial charge in [-0.05, 0) is 44.4 Å². The molecule has 132 valence electrons. The molecular weight excluding hydrogens is 325 g/mol. The first-order valence-electron chi connectivity index (χ1n) is 7.61. The number of benzene rings is 1. The Labute approximate surface area is 137 Å². The van der Waals surface area contributed by atoms with E-state index < -0.39 is 18.1 Å². The van der Waals surface area contributed by atoms with Gasteiger partial charge in [0.25, 0.3) is 0 Å². The number of carbonyl (C=O) groups excluding carboxylic acids is 2. The Morgan fingerprint density at radius 3 is 2.58 bits per heavy atom. The van der Waals surface area contributed by atoms with Crippen LogP contribution in [0.25, 0.3) is 0 Å². The van der Waals surface area contributed by atoms with Crippen molar-refractivity contribution in [2.75, 3.05) is 23.9 Å². The maximum absolute atomic E-state index is 12.4. The number of esters is 1. The number of hydrogen-bond donors (Lipinski definition) is 1. The fourth-order valence-corrected chi connectivity index (χ4v) is 2.80. The molecule has 0 bridgehead atoms. The number of carbonyl (C=O) groups is 2. The van der Waals surface area contributed by atoms with E-state index in [1.54, 1.807) is 11.4 Å². The van der Waals surface area contributed by atoms with Gasteiger partial charge >= 0.3 is 18.1 Å². The van der Waals surface area contributed by atoms with Gasteiger partial charge in [0.05, 0.1) is 18.4 Å². The van der Waals surface area contributed by atoms with E-state index in [1.165, 1.54) is 19.2 Å². The summed E-state index contributed by atoms with van der Waals surface area (Å²) in [6, 6.07) is 4.32. The number of halogens is 3. The maximum atomic E-state index is 12.4. The molecule has 1 aliphatic rings. The lowest BCUT2D eigenvalue weighted by atomic mass is 10.0. The van der Waals surface area contributed by atoms with Gasteiger partial charge in [-0.1, -0.05) is 0 Å². The summed E-state index contributed by atoms with van der Waals surface area (Å²) in [6.45, 7) is 2.78. The quantitative estimate of drug-likeness (QED) is 0.855. The first-order valence-corrected chi connectivity index (χ1v) is 7.61. The minimum atomic E-state index is -4.99. The summed E-state index contributed by atoms with van der Waals surface area (Å²) in [4.78, 5) is 25.1. The standard InChI is InChI=1S/C16H19F3N2O3/c1-10-5-3-4-8-21(10)13-7-6-11(9-12(13)14(22)24-2)20-15(23)16(17,18)19/h6-7,9-10H,3-5,8H2,1-2H3,(H,20,23)/t10-/m1/s1. The Morgan fingerprint density at radius 2 is 2.00 bits per heavy atom. The van der Waals surface area contributed by atoms with Crippen LogP contribution in [0.1, 0.15) is 36.5 Å². The molecule has 0 saturated carbocycles. The summed E-state index contributed by atoms with van der Waals surface area (Å²) in [5, 5.41) is 1.75. The van der Waals surface area contributed by atoms with E-state index in [0.717, 1.165) is 25.8 Å². The van der Waals surface area contributed by atoms with Gasteiger partial charge in [-0.15, -0.1) is 0 Å². The van der Waals surface area contributed by atoms with Gasteiger partial charge in [-0.25, -0.2) is 4.79 Å². The van der Waals surface area contributed by atoms with Crippen molar-refractivity contribution in [1.82, 2.24) is 0 Å². The Bertz CT molecular complexity index is 631. The molecule has 1 aromatic rings. The molecule has 1 fully saturated rings. The second kappa shape index (κ2) is 7.11. The molecule has 8 heteroatoms. The largest absolute Gasteiger partial charge is 0.471 e. The number of alkyl halides is 3. The van der Waals surface area contributed by atoms with E-state index in [4.69, 9.17) is 4.74 Å². The SMILES string of the molecule is COC(=O)c1cc(NC(=O)C(F)(F)F)ccc1N1CCCC[C@H]1C. The van der Waals surface area contributed by atoms with Gasteiger partial charge in [0.15, 0.2) is 0 Å². The van der Waals surface area contributed by atoms with Crippen molar-refractivity contribution in [2.24, 2.45) is 0 Å². The minimum Gasteiger partial charge on any atom is -0.465 e. The molecule has 1 atom stereocenters. The van der Waals surface area contributed by atoms with Gasteiger partial charge in [0.2, 0.25) is 0 Å². The van der Waals surface area contributed by atoms with E-state index in [-0.39, 0.29) is 17.3 Å². The summed E-state index contributed by atoms with van der Waals surface area (Å²) in [5.74, 6) is -2.75. The van der Waals surface area contributed by atoms with Crippen molar-refractivity contribution in [1.29, 1.82) is 0 Å². The Morgan fingerprint density at radius 1 is 1.29 bits per heavy atom. The molecule has 0 aliphatic carbocycles. The molecule has 0 unspecified atom stereocenters. The molecule has 1 heterocycles. The zero-order chi connectivity index (χ0) is 17.9. The van der Waals surface area contributed by atoms with Crippen LogP contribution >= 0.6 is 0 Å². The van der Waals surface area contributed by atoms with Crippen molar-refractivity contribution in [3.8, 4) is 0 Å². The number of hydrogen-bond acceptors (Lipinski definition) is 4. The monoisotopic (exact) mass is 344 g/mol. The number of nitrogens with zero attached hydrogens (tertiary/aromatic N) is 1. The van der Waals surface area contributed by atoms with Crippen LogP contribution in [0.2, 0.25) is 0 Å². The predicted octanol–water partition coefficient (Wildman–Crippen LogP) is 3.35. The molecule has 1 aromatic carbocycles. The van der Waals surface area contributed by atoms with Gasteiger partial charge in [0.1, 0.15) is 0 Å². The fourth-order valence-electron chi connectivity index (χ4n) is 2.80. The highest BCUT2D eigenvalue weighted by molar-refractivity contribution is 6.00. The first-order chi connectivity index (χ1) is 11.2. The topological polar surface area (TPSA) is 58.6 Å². The number of anilines is 2. The average molecular weight is 344 g/mol. The van der Waals surface area contributed by atoms with Crippen LogP contribution in [0.15, 0.2) is 18.2 Å². The van der Waals surface area contributed by atoms with E-state index in [1.807, 2.05) is 11.8 Å². The molecule has 5 nitrogen and oxygen atoms in total. The van der Waals surface area contributed by atoms with E-state index in [9.17, 15) is 22.8 Å². The van der Waals surface area contributed by atoms with Crippen molar-refractivity contribution >= 4 is 23.3 Å². The van der Waals surface area contributed by atoms with Crippen molar-refractivity contribution in [2.45, 2.75) is 38.4 Å². The van der Waals surface area contributed by atoms with Gasteiger partial charge < -0.3 is 15.0 Å². The molecule has 24 heavy (non-hydrogen) atoms. The van der Waals surface area contributed by atoms with Crippen LogP contribution in [0, 0.1) is 0 Å². The number of rotatable bonds is 3. The van der Waals surface area contributed by atoms with Crippen molar-refractivity contribution in [3.05, 3.63) is 23.8 Å². The minimum absolute atomic E-state index is 0.105. The second-order valence-electron chi connectivity index (χ2n) is 5.71. The maximum Gasteiger partial charge on any atom is 0.471 e. The van der Waals surface area contributed by atoms with Crippen LogP contribution in [-0.4, -0.2) is 37.7 Å². The highest BCUT2D eigenvalue weighted by Crippen LogP contribution is 2.31. The second-order valence-corrected chi connectivity index (χ2v) is 5.71. The molecule has 0 aromatic heterocycles. The lowest BCUT2D eigenvalue weighted by Gasteiger charge is -2.36. The summed E-state index contributed by atoms with van der Waals surface area (Å²) < 4.78 is 41.8. The van der Waals surface area contributed by atoms with Crippen molar-refractivity contribution in [3.63, 3.8) is 0 Å². The zero-order valence-electron chi connectivity index (χ0n) is 13.4. The molecule has 1 aliphatic heterocycles. The summed E-state index contributed by atoms with van der Waals surface area (Å²) in [6.07, 6.45) is -1.97. The molecule has 0 spiro atoms. The Kier molecular flexibility index (Phi) is 5.36. The van der Waals surface area contributed by atoms with Crippen LogP contribution in [-0.2, 0) is 9.53 Å². The normalized spacial score (nSPS) is 18.2. The smallest absolute Gasteiger partial charge is 0.465 e. The summed E-state index contributed by atoms with van der Waals surface area (Å²) in [5.41, 5.74) is 0.622. The highest BCUT2D eigenvalue weighted by atomic mass is 19.4. The Balaban J connectivity index is 2.35. The lowest BCUT2D eigenvalue weighted by molar-refractivity contribution is -0.167.